The van der Waals surface area contributed by atoms with E-state index in [0.717, 1.165) is 25.3 Å². The van der Waals surface area contributed by atoms with Crippen LogP contribution < -0.4 is 10.9 Å². The highest BCUT2D eigenvalue weighted by Crippen LogP contribution is 2.25. The fraction of sp³-hybridized carbons (Fsp3) is 0.500. The van der Waals surface area contributed by atoms with E-state index in [2.05, 4.69) is 15.2 Å². The molecule has 160 valence electrons. The summed E-state index contributed by atoms with van der Waals surface area (Å²) in [6.07, 6.45) is 8.88. The Bertz CT molecular complexity index is 1060. The van der Waals surface area contributed by atoms with E-state index in [1.165, 1.54) is 36.6 Å². The van der Waals surface area contributed by atoms with Gasteiger partial charge in [0, 0.05) is 26.2 Å². The Morgan fingerprint density at radius 1 is 1.37 bits per heavy atom. The van der Waals surface area contributed by atoms with Crippen molar-refractivity contribution in [2.45, 2.75) is 51.6 Å². The van der Waals surface area contributed by atoms with E-state index >= 15 is 0 Å². The van der Waals surface area contributed by atoms with Crippen LogP contribution in [0.5, 0.6) is 0 Å². The van der Waals surface area contributed by atoms with Crippen LogP contribution in [-0.2, 0) is 13.6 Å². The third kappa shape index (κ3) is 4.18. The molecular formula is C22H28N4O4. The average Bonchev–Trinajstić information content (AvgIpc) is 3.48. The van der Waals surface area contributed by atoms with Crippen molar-refractivity contribution >= 4 is 17.0 Å². The summed E-state index contributed by atoms with van der Waals surface area (Å²) >= 11 is 0. The first-order valence-electron chi connectivity index (χ1n) is 10.5. The van der Waals surface area contributed by atoms with Crippen LogP contribution in [0.1, 0.15) is 54.0 Å². The Balaban J connectivity index is 1.38. The van der Waals surface area contributed by atoms with Gasteiger partial charge >= 0.3 is 0 Å². The third-order valence-electron chi connectivity index (χ3n) is 5.86. The molecule has 3 heterocycles. The first kappa shape index (κ1) is 20.4. The van der Waals surface area contributed by atoms with Crippen molar-refractivity contribution in [3.8, 4) is 0 Å². The van der Waals surface area contributed by atoms with Crippen LogP contribution >= 0.6 is 0 Å². The first-order chi connectivity index (χ1) is 14.5. The van der Waals surface area contributed by atoms with Crippen molar-refractivity contribution in [1.29, 1.82) is 0 Å². The van der Waals surface area contributed by atoms with Gasteiger partial charge < -0.3 is 18.7 Å². The van der Waals surface area contributed by atoms with E-state index in [1.54, 1.807) is 20.2 Å². The number of furan rings is 2. The summed E-state index contributed by atoms with van der Waals surface area (Å²) in [6.45, 7) is 3.87. The van der Waals surface area contributed by atoms with Gasteiger partial charge in [0.1, 0.15) is 23.2 Å². The van der Waals surface area contributed by atoms with Crippen molar-refractivity contribution in [3.63, 3.8) is 0 Å². The molecular weight excluding hydrogens is 384 g/mol. The molecule has 3 aromatic rings. The largest absolute Gasteiger partial charge is 0.468 e. The van der Waals surface area contributed by atoms with Crippen LogP contribution in [0.2, 0.25) is 0 Å². The molecule has 0 bridgehead atoms. The molecule has 1 aliphatic rings. The molecule has 1 amide bonds. The zero-order valence-electron chi connectivity index (χ0n) is 17.5. The Morgan fingerprint density at radius 2 is 2.17 bits per heavy atom. The fourth-order valence-corrected chi connectivity index (χ4v) is 4.30. The predicted octanol–water partition coefficient (Wildman–Crippen LogP) is 2.99. The smallest absolute Gasteiger partial charge is 0.265 e. The number of carbonyl (C=O) groups excluding carboxylic acids is 1. The van der Waals surface area contributed by atoms with E-state index in [1.807, 2.05) is 12.1 Å². The van der Waals surface area contributed by atoms with Gasteiger partial charge in [-0.15, -0.1) is 0 Å². The molecule has 4 rings (SSSR count). The van der Waals surface area contributed by atoms with Gasteiger partial charge in [-0.3, -0.25) is 14.5 Å². The zero-order chi connectivity index (χ0) is 21.1. The summed E-state index contributed by atoms with van der Waals surface area (Å²) in [4.78, 5) is 31.8. The van der Waals surface area contributed by atoms with Crippen LogP contribution in [0.4, 0.5) is 0 Å². The molecule has 1 N–H and O–H groups in total. The van der Waals surface area contributed by atoms with Crippen LogP contribution in [-0.4, -0.2) is 39.5 Å². The van der Waals surface area contributed by atoms with Crippen LogP contribution in [0, 0.1) is 6.92 Å². The number of fused-ring (bicyclic) bond motifs is 1. The van der Waals surface area contributed by atoms with Crippen molar-refractivity contribution in [3.05, 3.63) is 52.2 Å². The van der Waals surface area contributed by atoms with Crippen molar-refractivity contribution in [1.82, 2.24) is 19.8 Å². The number of aryl methyl sites for hydroxylation is 2. The standard InChI is InChI=1S/C22H28N4O4/c1-15-18(19-21(30-15)24-14-25(2)22(19)28)20(27)23-10-6-11-26(16-7-3-4-8-16)13-17-9-5-12-29-17/h5,9,12,14,16H,3-4,6-8,10-11,13H2,1-2H3,(H,23,27). The lowest BCUT2D eigenvalue weighted by Gasteiger charge is -2.28. The summed E-state index contributed by atoms with van der Waals surface area (Å²) in [7, 11) is 1.61. The van der Waals surface area contributed by atoms with Gasteiger partial charge in [0.05, 0.1) is 18.4 Å². The van der Waals surface area contributed by atoms with Gasteiger partial charge in [0.2, 0.25) is 5.71 Å². The molecule has 0 unspecified atom stereocenters. The Labute approximate surface area is 174 Å². The summed E-state index contributed by atoms with van der Waals surface area (Å²) in [5.74, 6) is 1.08. The number of aromatic nitrogens is 2. The number of hydrogen-bond acceptors (Lipinski definition) is 6. The molecule has 1 aliphatic carbocycles. The second-order valence-electron chi connectivity index (χ2n) is 7.97. The minimum Gasteiger partial charge on any atom is -0.468 e. The molecule has 0 aromatic carbocycles. The van der Waals surface area contributed by atoms with Crippen LogP contribution in [0.3, 0.4) is 0 Å². The van der Waals surface area contributed by atoms with Gasteiger partial charge in [-0.2, -0.15) is 0 Å². The van der Waals surface area contributed by atoms with Gasteiger partial charge in [0.15, 0.2) is 0 Å². The molecule has 0 aliphatic heterocycles. The minimum atomic E-state index is -0.296. The number of rotatable bonds is 8. The number of nitrogens with one attached hydrogen (secondary N) is 1. The lowest BCUT2D eigenvalue weighted by molar-refractivity contribution is 0.0949. The molecule has 0 radical (unpaired) electrons. The number of amides is 1. The summed E-state index contributed by atoms with van der Waals surface area (Å²) in [5, 5.41) is 3.18. The van der Waals surface area contributed by atoms with E-state index < -0.39 is 0 Å². The Hall–Kier alpha value is -2.87. The van der Waals surface area contributed by atoms with E-state index in [4.69, 9.17) is 8.83 Å². The number of nitrogens with zero attached hydrogens (tertiary/aromatic N) is 3. The fourth-order valence-electron chi connectivity index (χ4n) is 4.30. The number of carbonyl (C=O) groups is 1. The topological polar surface area (TPSA) is 93.5 Å². The van der Waals surface area contributed by atoms with Gasteiger partial charge in [-0.1, -0.05) is 12.8 Å². The second kappa shape index (κ2) is 8.87. The van der Waals surface area contributed by atoms with Crippen molar-refractivity contribution in [2.75, 3.05) is 13.1 Å². The van der Waals surface area contributed by atoms with Crippen molar-refractivity contribution < 1.29 is 13.6 Å². The lowest BCUT2D eigenvalue weighted by Crippen LogP contribution is -2.35. The SMILES string of the molecule is Cc1oc2ncn(C)c(=O)c2c1C(=O)NCCCN(Cc1ccco1)C1CCCC1. The lowest BCUT2D eigenvalue weighted by atomic mass is 10.1. The van der Waals surface area contributed by atoms with Gasteiger partial charge in [-0.25, -0.2) is 4.98 Å². The molecule has 0 spiro atoms. The van der Waals surface area contributed by atoms with Crippen molar-refractivity contribution in [2.24, 2.45) is 7.05 Å². The number of hydrogen-bond donors (Lipinski definition) is 1. The highest BCUT2D eigenvalue weighted by atomic mass is 16.3. The van der Waals surface area contributed by atoms with E-state index in [0.29, 0.717) is 18.3 Å². The van der Waals surface area contributed by atoms with Gasteiger partial charge in [-0.05, 0) is 38.3 Å². The van der Waals surface area contributed by atoms with Crippen LogP contribution in [0.25, 0.3) is 11.1 Å². The Kier molecular flexibility index (Phi) is 6.03. The summed E-state index contributed by atoms with van der Waals surface area (Å²) in [5.41, 5.74) is 0.196. The first-order valence-corrected chi connectivity index (χ1v) is 10.5. The minimum absolute atomic E-state index is 0.201. The monoisotopic (exact) mass is 412 g/mol. The summed E-state index contributed by atoms with van der Waals surface area (Å²) in [6, 6.07) is 4.49. The maximum atomic E-state index is 12.8. The Morgan fingerprint density at radius 3 is 2.90 bits per heavy atom. The molecule has 8 heteroatoms. The predicted molar refractivity (Wildman–Crippen MR) is 112 cm³/mol. The highest BCUT2D eigenvalue weighted by Gasteiger charge is 2.24. The van der Waals surface area contributed by atoms with Gasteiger partial charge in [0.25, 0.3) is 11.5 Å². The molecule has 8 nitrogen and oxygen atoms in total. The molecule has 0 atom stereocenters. The van der Waals surface area contributed by atoms with E-state index in [9.17, 15) is 9.59 Å². The molecule has 30 heavy (non-hydrogen) atoms. The third-order valence-corrected chi connectivity index (χ3v) is 5.86. The molecule has 1 fully saturated rings. The zero-order valence-corrected chi connectivity index (χ0v) is 17.5. The highest BCUT2D eigenvalue weighted by molar-refractivity contribution is 6.06. The maximum Gasteiger partial charge on any atom is 0.265 e. The molecule has 3 aromatic heterocycles. The summed E-state index contributed by atoms with van der Waals surface area (Å²) < 4.78 is 12.4. The molecule has 0 saturated heterocycles. The maximum absolute atomic E-state index is 12.8. The second-order valence-corrected chi connectivity index (χ2v) is 7.97. The average molecular weight is 412 g/mol. The van der Waals surface area contributed by atoms with E-state index in [-0.39, 0.29) is 28.1 Å². The van der Waals surface area contributed by atoms with Crippen LogP contribution in [0.15, 0.2) is 38.4 Å². The normalized spacial score (nSPS) is 14.8. The quantitative estimate of drug-likeness (QED) is 0.572. The molecule has 1 saturated carbocycles.